The van der Waals surface area contributed by atoms with Gasteiger partial charge in [-0.2, -0.15) is 0 Å². The van der Waals surface area contributed by atoms with Crippen LogP contribution in [0.3, 0.4) is 0 Å². The van der Waals surface area contributed by atoms with Crippen LogP contribution >= 0.6 is 15.9 Å². The number of likely N-dealkylation sites (tertiary alicyclic amines) is 1. The van der Waals surface area contributed by atoms with Crippen molar-refractivity contribution in [2.24, 2.45) is 5.92 Å². The topological polar surface area (TPSA) is 29.5 Å². The molecule has 1 saturated heterocycles. The summed E-state index contributed by atoms with van der Waals surface area (Å²) in [6.07, 6.45) is 2.04. The van der Waals surface area contributed by atoms with Gasteiger partial charge in [0, 0.05) is 17.4 Å². The molecule has 1 aliphatic carbocycles. The van der Waals surface area contributed by atoms with Crippen LogP contribution in [0.25, 0.3) is 0 Å². The molecule has 86 valence electrons. The molecular weight excluding hydrogens is 258 g/mol. The molecule has 0 bridgehead atoms. The third-order valence-electron chi connectivity index (χ3n) is 3.16. The number of fused-ring (bicyclic) bond motifs is 1. The molecule has 1 aliphatic heterocycles. The minimum absolute atomic E-state index is 0.144. The number of halogens is 1. The second-order valence-electron chi connectivity index (χ2n) is 5.45. The molecule has 1 heterocycles. The van der Waals surface area contributed by atoms with Gasteiger partial charge in [-0.25, -0.2) is 4.79 Å². The van der Waals surface area contributed by atoms with Gasteiger partial charge in [0.05, 0.1) is 0 Å². The zero-order chi connectivity index (χ0) is 11.2. The molecule has 3 unspecified atom stereocenters. The Morgan fingerprint density at radius 2 is 2.13 bits per heavy atom. The zero-order valence-electron chi connectivity index (χ0n) is 9.50. The van der Waals surface area contributed by atoms with Gasteiger partial charge in [0.2, 0.25) is 0 Å². The fraction of sp³-hybridized carbons (Fsp3) is 0.909. The van der Waals surface area contributed by atoms with Crippen LogP contribution in [0.4, 0.5) is 4.79 Å². The van der Waals surface area contributed by atoms with E-state index in [1.165, 1.54) is 0 Å². The normalized spacial score (nSPS) is 34.7. The van der Waals surface area contributed by atoms with E-state index in [0.29, 0.717) is 16.8 Å². The third-order valence-corrected chi connectivity index (χ3v) is 4.21. The summed E-state index contributed by atoms with van der Waals surface area (Å²) in [6, 6.07) is 0.421. The molecule has 2 aliphatic rings. The van der Waals surface area contributed by atoms with Crippen LogP contribution in [0.5, 0.6) is 0 Å². The maximum Gasteiger partial charge on any atom is 0.410 e. The summed E-state index contributed by atoms with van der Waals surface area (Å²) in [7, 11) is 0. The first kappa shape index (κ1) is 11.2. The summed E-state index contributed by atoms with van der Waals surface area (Å²) in [5.41, 5.74) is -0.382. The molecule has 3 nitrogen and oxygen atoms in total. The Morgan fingerprint density at radius 1 is 1.47 bits per heavy atom. The third kappa shape index (κ3) is 2.14. The molecular formula is C11H18BrNO2. The summed E-state index contributed by atoms with van der Waals surface area (Å²) < 4.78 is 5.38. The predicted molar refractivity (Wildman–Crippen MR) is 62.2 cm³/mol. The molecule has 1 amide bonds. The van der Waals surface area contributed by atoms with E-state index in [1.807, 2.05) is 25.7 Å². The van der Waals surface area contributed by atoms with Crippen molar-refractivity contribution in [2.75, 3.05) is 6.54 Å². The molecule has 3 atom stereocenters. The second-order valence-corrected chi connectivity index (χ2v) is 6.62. The molecule has 2 fully saturated rings. The van der Waals surface area contributed by atoms with Crippen LogP contribution < -0.4 is 0 Å². The van der Waals surface area contributed by atoms with Crippen molar-refractivity contribution in [1.29, 1.82) is 0 Å². The molecule has 0 spiro atoms. The number of ether oxygens (including phenoxy) is 1. The predicted octanol–water partition coefficient (Wildman–Crippen LogP) is 2.78. The van der Waals surface area contributed by atoms with Crippen LogP contribution in [0.15, 0.2) is 0 Å². The number of carbonyl (C=O) groups excluding carboxylic acids is 1. The van der Waals surface area contributed by atoms with E-state index in [9.17, 15) is 4.79 Å². The molecule has 4 heteroatoms. The zero-order valence-corrected chi connectivity index (χ0v) is 11.1. The van der Waals surface area contributed by atoms with Gasteiger partial charge in [-0.15, -0.1) is 0 Å². The Balaban J connectivity index is 1.93. The Bertz CT molecular complexity index is 274. The van der Waals surface area contributed by atoms with Crippen molar-refractivity contribution in [3.05, 3.63) is 0 Å². The van der Waals surface area contributed by atoms with Crippen molar-refractivity contribution in [3.63, 3.8) is 0 Å². The van der Waals surface area contributed by atoms with Crippen LogP contribution in [-0.2, 0) is 4.74 Å². The van der Waals surface area contributed by atoms with Crippen molar-refractivity contribution in [1.82, 2.24) is 4.90 Å². The maximum atomic E-state index is 11.8. The van der Waals surface area contributed by atoms with Crippen LogP contribution in [0, 0.1) is 5.92 Å². The molecule has 0 aromatic heterocycles. The van der Waals surface area contributed by atoms with E-state index >= 15 is 0 Å². The summed E-state index contributed by atoms with van der Waals surface area (Å²) in [4.78, 5) is 14.3. The lowest BCUT2D eigenvalue weighted by Crippen LogP contribution is -2.49. The van der Waals surface area contributed by atoms with E-state index < -0.39 is 0 Å². The van der Waals surface area contributed by atoms with Crippen molar-refractivity contribution in [3.8, 4) is 0 Å². The first-order valence-corrected chi connectivity index (χ1v) is 6.44. The second kappa shape index (κ2) is 3.65. The first-order valence-electron chi connectivity index (χ1n) is 5.52. The molecule has 0 radical (unpaired) electrons. The fourth-order valence-electron chi connectivity index (χ4n) is 2.36. The Kier molecular flexibility index (Phi) is 2.73. The number of hydrogen-bond donors (Lipinski definition) is 0. The average molecular weight is 276 g/mol. The summed E-state index contributed by atoms with van der Waals surface area (Å²) in [6.45, 7) is 6.58. The maximum absolute atomic E-state index is 11.8. The lowest BCUT2D eigenvalue weighted by molar-refractivity contribution is 0.0145. The van der Waals surface area contributed by atoms with Crippen molar-refractivity contribution in [2.45, 2.75) is 50.1 Å². The molecule has 0 N–H and O–H groups in total. The quantitative estimate of drug-likeness (QED) is 0.637. The highest BCUT2D eigenvalue weighted by atomic mass is 79.9. The van der Waals surface area contributed by atoms with Crippen LogP contribution in [0.2, 0.25) is 0 Å². The number of alkyl halides is 1. The summed E-state index contributed by atoms with van der Waals surface area (Å²) >= 11 is 3.63. The average Bonchev–Trinajstić information content (AvgIpc) is 2.38. The molecule has 2 rings (SSSR count). The minimum Gasteiger partial charge on any atom is -0.444 e. The highest BCUT2D eigenvalue weighted by Gasteiger charge is 2.49. The molecule has 0 aromatic rings. The largest absolute Gasteiger partial charge is 0.444 e. The monoisotopic (exact) mass is 275 g/mol. The van der Waals surface area contributed by atoms with Gasteiger partial charge in [-0.3, -0.25) is 0 Å². The summed E-state index contributed by atoms with van der Waals surface area (Å²) in [5, 5.41) is 0. The smallest absolute Gasteiger partial charge is 0.410 e. The Labute approximate surface area is 99.3 Å². The highest BCUT2D eigenvalue weighted by Crippen LogP contribution is 2.45. The Hall–Kier alpha value is -0.250. The number of amides is 1. The van der Waals surface area contributed by atoms with E-state index in [1.54, 1.807) is 0 Å². The van der Waals surface area contributed by atoms with Gasteiger partial charge in [0.15, 0.2) is 0 Å². The standard InChI is InChI=1S/C11H18BrNO2/c1-11(2,3)15-10(14)13-5-4-7-8(12)6-9(7)13/h7-9H,4-6H2,1-3H3. The van der Waals surface area contributed by atoms with Gasteiger partial charge in [0.25, 0.3) is 0 Å². The van der Waals surface area contributed by atoms with Gasteiger partial charge >= 0.3 is 6.09 Å². The van der Waals surface area contributed by atoms with E-state index in [2.05, 4.69) is 15.9 Å². The van der Waals surface area contributed by atoms with Crippen LogP contribution in [-0.4, -0.2) is 34.0 Å². The van der Waals surface area contributed by atoms with E-state index in [4.69, 9.17) is 4.74 Å². The summed E-state index contributed by atoms with van der Waals surface area (Å²) in [5.74, 6) is 0.650. The minimum atomic E-state index is -0.382. The van der Waals surface area contributed by atoms with Gasteiger partial charge in [-0.1, -0.05) is 15.9 Å². The van der Waals surface area contributed by atoms with Gasteiger partial charge < -0.3 is 9.64 Å². The number of carbonyl (C=O) groups is 1. The van der Waals surface area contributed by atoms with E-state index in [-0.39, 0.29) is 11.7 Å². The molecule has 15 heavy (non-hydrogen) atoms. The van der Waals surface area contributed by atoms with Crippen molar-refractivity contribution < 1.29 is 9.53 Å². The Morgan fingerprint density at radius 3 is 2.60 bits per heavy atom. The lowest BCUT2D eigenvalue weighted by atomic mass is 9.80. The molecule has 1 saturated carbocycles. The lowest BCUT2D eigenvalue weighted by Gasteiger charge is -2.40. The van der Waals surface area contributed by atoms with Gasteiger partial charge in [0.1, 0.15) is 5.60 Å². The first-order chi connectivity index (χ1) is 6.88. The van der Waals surface area contributed by atoms with Crippen molar-refractivity contribution >= 4 is 22.0 Å². The molecule has 0 aromatic carbocycles. The number of rotatable bonds is 0. The van der Waals surface area contributed by atoms with Crippen LogP contribution in [0.1, 0.15) is 33.6 Å². The fourth-order valence-corrected chi connectivity index (χ4v) is 3.36. The number of hydrogen-bond acceptors (Lipinski definition) is 2. The highest BCUT2D eigenvalue weighted by molar-refractivity contribution is 9.09. The number of nitrogens with zero attached hydrogens (tertiary/aromatic N) is 1. The van der Waals surface area contributed by atoms with E-state index in [0.717, 1.165) is 19.4 Å². The van der Waals surface area contributed by atoms with Gasteiger partial charge in [-0.05, 0) is 39.5 Å². The SMILES string of the molecule is CC(C)(C)OC(=O)N1CCC2C(Br)CC21.